The highest BCUT2D eigenvalue weighted by molar-refractivity contribution is 5.95. The van der Waals surface area contributed by atoms with Crippen LogP contribution in [0.3, 0.4) is 0 Å². The molecule has 0 atom stereocenters. The average molecular weight is 391 g/mol. The molecular formula is C22H25N5O2. The number of hydrogen-bond acceptors (Lipinski definition) is 6. The van der Waals surface area contributed by atoms with Crippen molar-refractivity contribution in [1.29, 1.82) is 0 Å². The second-order valence-electron chi connectivity index (χ2n) is 6.86. The van der Waals surface area contributed by atoms with E-state index in [1.807, 2.05) is 55.4 Å². The van der Waals surface area contributed by atoms with Gasteiger partial charge in [-0.05, 0) is 38.4 Å². The van der Waals surface area contributed by atoms with Crippen molar-refractivity contribution in [1.82, 2.24) is 20.2 Å². The van der Waals surface area contributed by atoms with Gasteiger partial charge in [-0.15, -0.1) is 0 Å². The summed E-state index contributed by atoms with van der Waals surface area (Å²) in [5, 5.41) is 2.92. The van der Waals surface area contributed by atoms with E-state index in [4.69, 9.17) is 15.5 Å². The Morgan fingerprint density at radius 3 is 2.66 bits per heavy atom. The summed E-state index contributed by atoms with van der Waals surface area (Å²) in [5.74, 6) is 0.926. The van der Waals surface area contributed by atoms with Gasteiger partial charge in [0.25, 0.3) is 5.91 Å². The quantitative estimate of drug-likeness (QED) is 0.643. The number of likely N-dealkylation sites (N-methyl/N-ethyl adjacent to an activating group) is 1. The second-order valence-corrected chi connectivity index (χ2v) is 6.86. The maximum Gasteiger partial charge on any atom is 0.251 e. The van der Waals surface area contributed by atoms with E-state index in [0.29, 0.717) is 35.1 Å². The summed E-state index contributed by atoms with van der Waals surface area (Å²) in [6.07, 6.45) is 1.61. The number of nitrogens with zero attached hydrogens (tertiary/aromatic N) is 3. The molecule has 0 bridgehead atoms. The molecule has 3 rings (SSSR count). The maximum atomic E-state index is 12.4. The standard InChI is InChI=1S/C22H25N5O2/c1-27(2)11-10-24-22(28)17-8-4-6-15(12-17)19-14-25-21(23)20(26-19)16-7-5-9-18(13-16)29-3/h4-9,12-14H,10-11H2,1-3H3,(H2,23,25)(H,24,28). The average Bonchev–Trinajstić information content (AvgIpc) is 2.74. The molecule has 1 aromatic heterocycles. The molecule has 150 valence electrons. The van der Waals surface area contributed by atoms with Crippen LogP contribution in [0.25, 0.3) is 22.5 Å². The Morgan fingerprint density at radius 1 is 1.14 bits per heavy atom. The van der Waals surface area contributed by atoms with Crippen molar-refractivity contribution in [3.8, 4) is 28.3 Å². The number of hydrogen-bond donors (Lipinski definition) is 2. The van der Waals surface area contributed by atoms with Gasteiger partial charge in [0, 0.05) is 29.8 Å². The molecule has 0 saturated heterocycles. The van der Waals surface area contributed by atoms with Crippen LogP contribution >= 0.6 is 0 Å². The number of rotatable bonds is 7. The Morgan fingerprint density at radius 2 is 1.90 bits per heavy atom. The maximum absolute atomic E-state index is 12.4. The molecule has 1 amide bonds. The highest BCUT2D eigenvalue weighted by atomic mass is 16.5. The summed E-state index contributed by atoms with van der Waals surface area (Å²) in [5.41, 5.74) is 9.46. The van der Waals surface area contributed by atoms with Gasteiger partial charge in [-0.1, -0.05) is 24.3 Å². The zero-order valence-electron chi connectivity index (χ0n) is 16.8. The summed E-state index contributed by atoms with van der Waals surface area (Å²) in [6, 6.07) is 14.8. The van der Waals surface area contributed by atoms with Gasteiger partial charge in [0.05, 0.1) is 19.0 Å². The van der Waals surface area contributed by atoms with Crippen molar-refractivity contribution in [2.45, 2.75) is 0 Å². The van der Waals surface area contributed by atoms with Crippen LogP contribution in [0.1, 0.15) is 10.4 Å². The first-order chi connectivity index (χ1) is 14.0. The predicted molar refractivity (Wildman–Crippen MR) is 115 cm³/mol. The van der Waals surface area contributed by atoms with Crippen LogP contribution in [-0.2, 0) is 0 Å². The number of aromatic nitrogens is 2. The minimum atomic E-state index is -0.120. The molecule has 0 spiro atoms. The molecular weight excluding hydrogens is 366 g/mol. The molecule has 0 unspecified atom stereocenters. The van der Waals surface area contributed by atoms with Crippen LogP contribution in [0.4, 0.5) is 5.82 Å². The van der Waals surface area contributed by atoms with E-state index in [9.17, 15) is 4.79 Å². The lowest BCUT2D eigenvalue weighted by Crippen LogP contribution is -2.31. The van der Waals surface area contributed by atoms with E-state index >= 15 is 0 Å². The van der Waals surface area contributed by atoms with Gasteiger partial charge in [-0.2, -0.15) is 0 Å². The van der Waals surface area contributed by atoms with Crippen molar-refractivity contribution < 1.29 is 9.53 Å². The van der Waals surface area contributed by atoms with Gasteiger partial charge in [0.2, 0.25) is 0 Å². The number of nitrogen functional groups attached to an aromatic ring is 1. The summed E-state index contributed by atoms with van der Waals surface area (Å²) >= 11 is 0. The van der Waals surface area contributed by atoms with Crippen LogP contribution in [0.5, 0.6) is 5.75 Å². The molecule has 0 aliphatic rings. The molecule has 3 aromatic rings. The van der Waals surface area contributed by atoms with Gasteiger partial charge < -0.3 is 20.7 Å². The summed E-state index contributed by atoms with van der Waals surface area (Å²) in [6.45, 7) is 1.36. The number of anilines is 1. The van der Waals surface area contributed by atoms with E-state index in [1.54, 1.807) is 25.4 Å². The van der Waals surface area contributed by atoms with Crippen molar-refractivity contribution in [3.63, 3.8) is 0 Å². The molecule has 0 aliphatic heterocycles. The van der Waals surface area contributed by atoms with E-state index < -0.39 is 0 Å². The molecule has 0 radical (unpaired) electrons. The van der Waals surface area contributed by atoms with Gasteiger partial charge >= 0.3 is 0 Å². The SMILES string of the molecule is COc1cccc(-c2nc(-c3cccc(C(=O)NCCN(C)C)c3)cnc2N)c1. The zero-order valence-corrected chi connectivity index (χ0v) is 16.8. The molecule has 0 aliphatic carbocycles. The number of ether oxygens (including phenoxy) is 1. The van der Waals surface area contributed by atoms with Gasteiger partial charge in [0.15, 0.2) is 0 Å². The number of amides is 1. The van der Waals surface area contributed by atoms with E-state index in [2.05, 4.69) is 10.3 Å². The van der Waals surface area contributed by atoms with Crippen LogP contribution in [0.2, 0.25) is 0 Å². The van der Waals surface area contributed by atoms with Crippen molar-refractivity contribution in [3.05, 3.63) is 60.3 Å². The highest BCUT2D eigenvalue weighted by Gasteiger charge is 2.12. The highest BCUT2D eigenvalue weighted by Crippen LogP contribution is 2.28. The zero-order chi connectivity index (χ0) is 20.8. The molecule has 1 heterocycles. The van der Waals surface area contributed by atoms with Crippen LogP contribution < -0.4 is 15.8 Å². The number of methoxy groups -OCH3 is 1. The van der Waals surface area contributed by atoms with Crippen molar-refractivity contribution in [2.75, 3.05) is 40.0 Å². The molecule has 2 aromatic carbocycles. The normalized spacial score (nSPS) is 10.8. The second kappa shape index (κ2) is 9.16. The van der Waals surface area contributed by atoms with Crippen molar-refractivity contribution in [2.24, 2.45) is 0 Å². The first kappa shape index (κ1) is 20.3. The number of nitrogens with two attached hydrogens (primary N) is 1. The lowest BCUT2D eigenvalue weighted by Gasteiger charge is -2.11. The van der Waals surface area contributed by atoms with Gasteiger partial charge in [-0.25, -0.2) is 9.97 Å². The first-order valence-corrected chi connectivity index (χ1v) is 9.28. The third-order valence-corrected chi connectivity index (χ3v) is 4.41. The van der Waals surface area contributed by atoms with Crippen LogP contribution in [0, 0.1) is 0 Å². The fourth-order valence-corrected chi connectivity index (χ4v) is 2.84. The summed E-state index contributed by atoms with van der Waals surface area (Å²) in [7, 11) is 5.54. The minimum absolute atomic E-state index is 0.120. The summed E-state index contributed by atoms with van der Waals surface area (Å²) < 4.78 is 5.28. The first-order valence-electron chi connectivity index (χ1n) is 9.28. The minimum Gasteiger partial charge on any atom is -0.497 e. The van der Waals surface area contributed by atoms with E-state index in [0.717, 1.165) is 17.7 Å². The Kier molecular flexibility index (Phi) is 6.41. The third kappa shape index (κ3) is 5.08. The summed E-state index contributed by atoms with van der Waals surface area (Å²) in [4.78, 5) is 23.4. The molecule has 7 heteroatoms. The van der Waals surface area contributed by atoms with Crippen molar-refractivity contribution >= 4 is 11.7 Å². The van der Waals surface area contributed by atoms with Gasteiger partial charge in [0.1, 0.15) is 17.3 Å². The van der Waals surface area contributed by atoms with Crippen LogP contribution in [0.15, 0.2) is 54.7 Å². The lowest BCUT2D eigenvalue weighted by atomic mass is 10.1. The van der Waals surface area contributed by atoms with Gasteiger partial charge in [-0.3, -0.25) is 4.79 Å². The Hall–Kier alpha value is -3.45. The monoisotopic (exact) mass is 391 g/mol. The molecule has 0 saturated carbocycles. The lowest BCUT2D eigenvalue weighted by molar-refractivity contribution is 0.0951. The topological polar surface area (TPSA) is 93.4 Å². The molecule has 29 heavy (non-hydrogen) atoms. The number of carbonyl (C=O) groups excluding carboxylic acids is 1. The van der Waals surface area contributed by atoms with Crippen LogP contribution in [-0.4, -0.2) is 55.1 Å². The predicted octanol–water partition coefficient (Wildman–Crippen LogP) is 2.69. The Labute approximate surface area is 170 Å². The molecule has 0 fully saturated rings. The fraction of sp³-hybridized carbons (Fsp3) is 0.227. The fourth-order valence-electron chi connectivity index (χ4n) is 2.84. The largest absolute Gasteiger partial charge is 0.497 e. The molecule has 3 N–H and O–H groups in total. The number of nitrogens with one attached hydrogen (secondary N) is 1. The molecule has 7 nitrogen and oxygen atoms in total. The van der Waals surface area contributed by atoms with E-state index in [-0.39, 0.29) is 5.91 Å². The Bertz CT molecular complexity index is 1000. The number of carbonyl (C=O) groups is 1. The Balaban J connectivity index is 1.88. The third-order valence-electron chi connectivity index (χ3n) is 4.41. The smallest absolute Gasteiger partial charge is 0.251 e. The number of benzene rings is 2. The van der Waals surface area contributed by atoms with E-state index in [1.165, 1.54) is 0 Å².